The van der Waals surface area contributed by atoms with Crippen LogP contribution >= 0.6 is 0 Å². The Morgan fingerprint density at radius 1 is 0.923 bits per heavy atom. The molecule has 0 bridgehead atoms. The second kappa shape index (κ2) is 6.59. The van der Waals surface area contributed by atoms with E-state index in [4.69, 9.17) is 22.9 Å². The van der Waals surface area contributed by atoms with Crippen molar-refractivity contribution in [1.82, 2.24) is 0 Å². The zero-order valence-electron chi connectivity index (χ0n) is 14.1. The maximum atomic E-state index is 12.9. The summed E-state index contributed by atoms with van der Waals surface area (Å²) < 4.78 is 0. The summed E-state index contributed by atoms with van der Waals surface area (Å²) in [6.07, 6.45) is 4.68. The molecule has 1 aliphatic carbocycles. The summed E-state index contributed by atoms with van der Waals surface area (Å²) in [5.74, 6) is -0.693. The van der Waals surface area contributed by atoms with Crippen molar-refractivity contribution in [3.8, 4) is 0 Å². The average Bonchev–Trinajstić information content (AvgIpc) is 2.63. The van der Waals surface area contributed by atoms with Crippen molar-refractivity contribution in [2.24, 2.45) is 11.5 Å². The number of benzene rings is 2. The smallest absolute Gasteiger partial charge is 0.190 e. The van der Waals surface area contributed by atoms with Gasteiger partial charge in [-0.05, 0) is 36.4 Å². The fourth-order valence-corrected chi connectivity index (χ4v) is 2.94. The predicted molar refractivity (Wildman–Crippen MR) is 102 cm³/mol. The maximum absolute atomic E-state index is 12.9. The lowest BCUT2D eigenvalue weighted by Crippen LogP contribution is -2.61. The Bertz CT molecular complexity index is 931. The average molecular weight is 348 g/mol. The Kier molecular flexibility index (Phi) is 4.46. The Hall–Kier alpha value is -3.22. The lowest BCUT2D eigenvalue weighted by atomic mass is 9.75. The van der Waals surface area contributed by atoms with Gasteiger partial charge in [-0.3, -0.25) is 9.59 Å². The van der Waals surface area contributed by atoms with E-state index in [9.17, 15) is 9.59 Å². The van der Waals surface area contributed by atoms with Gasteiger partial charge >= 0.3 is 0 Å². The van der Waals surface area contributed by atoms with Gasteiger partial charge in [0.15, 0.2) is 11.6 Å². The van der Waals surface area contributed by atoms with Crippen LogP contribution in [0.15, 0.2) is 72.3 Å². The molecule has 0 amide bonds. The summed E-state index contributed by atoms with van der Waals surface area (Å²) >= 11 is 0. The molecule has 1 aliphatic rings. The molecule has 6 heteroatoms. The summed E-state index contributed by atoms with van der Waals surface area (Å²) in [7, 11) is 0. The Morgan fingerprint density at radius 3 is 2.27 bits per heavy atom. The van der Waals surface area contributed by atoms with Crippen LogP contribution in [0.2, 0.25) is 0 Å². The van der Waals surface area contributed by atoms with Crippen LogP contribution in [-0.4, -0.2) is 23.1 Å². The maximum Gasteiger partial charge on any atom is 0.190 e. The third kappa shape index (κ3) is 3.03. The number of nitrogen functional groups attached to an aromatic ring is 2. The summed E-state index contributed by atoms with van der Waals surface area (Å²) in [4.78, 5) is 25.8. The molecule has 132 valence electrons. The first kappa shape index (κ1) is 17.6. The Morgan fingerprint density at radius 2 is 1.62 bits per heavy atom. The third-order valence-corrected chi connectivity index (χ3v) is 4.47. The first-order chi connectivity index (χ1) is 12.3. The van der Waals surface area contributed by atoms with E-state index in [0.29, 0.717) is 22.5 Å². The molecule has 0 fully saturated rings. The lowest BCUT2D eigenvalue weighted by molar-refractivity contribution is 0.0903. The minimum atomic E-state index is -1.53. The standard InChI is InChI=1S/C20H20N4O2/c21-14-8-6-12(7-9-14)19(26)20(24)10-2-5-16(18(20)23)17(25)13-3-1-4-15(22)11-13/h1-11,18H,21-24H2. The monoisotopic (exact) mass is 348 g/mol. The van der Waals surface area contributed by atoms with Crippen LogP contribution in [0.25, 0.3) is 0 Å². The number of rotatable bonds is 4. The van der Waals surface area contributed by atoms with Gasteiger partial charge in [0, 0.05) is 28.1 Å². The number of hydrogen-bond acceptors (Lipinski definition) is 6. The third-order valence-electron chi connectivity index (χ3n) is 4.47. The molecule has 0 saturated carbocycles. The molecular weight excluding hydrogens is 328 g/mol. The van der Waals surface area contributed by atoms with Crippen LogP contribution in [0.3, 0.4) is 0 Å². The zero-order valence-corrected chi connectivity index (χ0v) is 14.1. The van der Waals surface area contributed by atoms with Gasteiger partial charge in [-0.25, -0.2) is 0 Å². The molecule has 2 aromatic rings. The second-order valence-corrected chi connectivity index (χ2v) is 6.30. The first-order valence-electron chi connectivity index (χ1n) is 8.07. The highest BCUT2D eigenvalue weighted by atomic mass is 16.1. The molecule has 0 heterocycles. The molecule has 26 heavy (non-hydrogen) atoms. The summed E-state index contributed by atoms with van der Waals surface area (Å²) in [6.45, 7) is 0. The molecule has 0 radical (unpaired) electrons. The molecule has 2 unspecified atom stereocenters. The van der Waals surface area contributed by atoms with Crippen LogP contribution in [-0.2, 0) is 0 Å². The molecule has 6 nitrogen and oxygen atoms in total. The van der Waals surface area contributed by atoms with Crippen molar-refractivity contribution in [2.45, 2.75) is 11.6 Å². The van der Waals surface area contributed by atoms with Crippen molar-refractivity contribution in [2.75, 3.05) is 11.5 Å². The molecule has 0 aromatic heterocycles. The minimum absolute atomic E-state index is 0.254. The largest absolute Gasteiger partial charge is 0.399 e. The quantitative estimate of drug-likeness (QED) is 0.487. The van der Waals surface area contributed by atoms with E-state index in [0.717, 1.165) is 0 Å². The van der Waals surface area contributed by atoms with Gasteiger partial charge in [-0.1, -0.05) is 30.4 Å². The Labute approximate surface area is 151 Å². The van der Waals surface area contributed by atoms with Crippen LogP contribution < -0.4 is 22.9 Å². The van der Waals surface area contributed by atoms with Crippen LogP contribution in [0, 0.1) is 0 Å². The molecule has 8 N–H and O–H groups in total. The summed E-state index contributed by atoms with van der Waals surface area (Å²) in [5.41, 5.74) is 24.5. The van der Waals surface area contributed by atoms with Gasteiger partial charge in [0.25, 0.3) is 0 Å². The number of anilines is 2. The lowest BCUT2D eigenvalue weighted by Gasteiger charge is -2.34. The normalized spacial score (nSPS) is 21.9. The van der Waals surface area contributed by atoms with E-state index in [2.05, 4.69) is 0 Å². The Balaban J connectivity index is 1.93. The van der Waals surface area contributed by atoms with Gasteiger partial charge in [0.1, 0.15) is 5.54 Å². The van der Waals surface area contributed by atoms with Crippen molar-refractivity contribution in [3.05, 3.63) is 83.5 Å². The SMILES string of the molecule is Nc1ccc(C(=O)C2(N)C=CC=C(C(=O)c3cccc(N)c3)C2N)cc1. The molecule has 0 saturated heterocycles. The van der Waals surface area contributed by atoms with E-state index in [1.807, 2.05) is 0 Å². The van der Waals surface area contributed by atoms with E-state index in [1.54, 1.807) is 60.7 Å². The molecule has 0 spiro atoms. The number of hydrogen-bond donors (Lipinski definition) is 4. The number of nitrogens with two attached hydrogens (primary N) is 4. The fraction of sp³-hybridized carbons (Fsp3) is 0.100. The number of Topliss-reactive ketones (excluding diaryl/α,β-unsaturated/α-hetero) is 2. The van der Waals surface area contributed by atoms with Gasteiger partial charge in [-0.2, -0.15) is 0 Å². The zero-order chi connectivity index (χ0) is 18.9. The molecule has 2 atom stereocenters. The van der Waals surface area contributed by atoms with E-state index in [-0.39, 0.29) is 17.1 Å². The van der Waals surface area contributed by atoms with Crippen molar-refractivity contribution < 1.29 is 9.59 Å². The van der Waals surface area contributed by atoms with Crippen molar-refractivity contribution >= 4 is 22.9 Å². The van der Waals surface area contributed by atoms with E-state index in [1.165, 1.54) is 6.08 Å². The van der Waals surface area contributed by atoms with Crippen LogP contribution in [0.4, 0.5) is 11.4 Å². The molecular formula is C20H20N4O2. The van der Waals surface area contributed by atoms with Crippen LogP contribution in [0.5, 0.6) is 0 Å². The number of carbonyl (C=O) groups is 2. The molecule has 2 aromatic carbocycles. The van der Waals surface area contributed by atoms with Gasteiger partial charge < -0.3 is 22.9 Å². The molecule has 3 rings (SSSR count). The van der Waals surface area contributed by atoms with E-state index >= 15 is 0 Å². The highest BCUT2D eigenvalue weighted by Crippen LogP contribution is 2.27. The van der Waals surface area contributed by atoms with Crippen molar-refractivity contribution in [3.63, 3.8) is 0 Å². The minimum Gasteiger partial charge on any atom is -0.399 e. The number of ketones is 2. The topological polar surface area (TPSA) is 138 Å². The predicted octanol–water partition coefficient (Wildman–Crippen LogP) is 1.44. The first-order valence-corrected chi connectivity index (χ1v) is 8.07. The van der Waals surface area contributed by atoms with Crippen LogP contribution in [0.1, 0.15) is 20.7 Å². The summed E-state index contributed by atoms with van der Waals surface area (Å²) in [6, 6.07) is 12.0. The van der Waals surface area contributed by atoms with Crippen molar-refractivity contribution in [1.29, 1.82) is 0 Å². The van der Waals surface area contributed by atoms with Gasteiger partial charge in [-0.15, -0.1) is 0 Å². The second-order valence-electron chi connectivity index (χ2n) is 6.30. The highest BCUT2D eigenvalue weighted by Gasteiger charge is 2.43. The number of carbonyl (C=O) groups excluding carboxylic acids is 2. The fourth-order valence-electron chi connectivity index (χ4n) is 2.94. The number of allylic oxidation sites excluding steroid dienone is 2. The van der Waals surface area contributed by atoms with Gasteiger partial charge in [0.05, 0.1) is 6.04 Å². The summed E-state index contributed by atoms with van der Waals surface area (Å²) in [5, 5.41) is 0. The molecule has 0 aliphatic heterocycles. The van der Waals surface area contributed by atoms with E-state index < -0.39 is 11.6 Å². The highest BCUT2D eigenvalue weighted by molar-refractivity contribution is 6.13. The van der Waals surface area contributed by atoms with Gasteiger partial charge in [0.2, 0.25) is 0 Å².